The number of methoxy groups -OCH3 is 1. The molecule has 0 unspecified atom stereocenters. The molecule has 0 saturated carbocycles. The Hall–Kier alpha value is -1.65. The first-order chi connectivity index (χ1) is 5.65. The van der Waals surface area contributed by atoms with E-state index in [4.69, 9.17) is 4.74 Å². The van der Waals surface area contributed by atoms with Gasteiger partial charge in [-0.3, -0.25) is 15.1 Å². The van der Waals surface area contributed by atoms with Gasteiger partial charge in [-0.2, -0.15) is 0 Å². The molecule has 0 spiro atoms. The van der Waals surface area contributed by atoms with Crippen LogP contribution in [0.2, 0.25) is 0 Å². The van der Waals surface area contributed by atoms with Crippen LogP contribution in [0.25, 0.3) is 0 Å². The second-order valence-corrected chi connectivity index (χ2v) is 2.25. The van der Waals surface area contributed by atoms with Crippen molar-refractivity contribution in [2.24, 2.45) is 0 Å². The molecule has 1 heterocycles. The van der Waals surface area contributed by atoms with E-state index in [9.17, 15) is 10.1 Å². The van der Waals surface area contributed by atoms with Crippen molar-refractivity contribution in [3.8, 4) is 5.75 Å². The average Bonchev–Trinajstić information content (AvgIpc) is 2.03. The van der Waals surface area contributed by atoms with Crippen molar-refractivity contribution >= 4 is 5.69 Å². The molecule has 0 bridgehead atoms. The fourth-order valence-corrected chi connectivity index (χ4v) is 0.828. The molecule has 0 aliphatic rings. The lowest BCUT2D eigenvalue weighted by atomic mass is 10.3. The van der Waals surface area contributed by atoms with E-state index < -0.39 is 4.92 Å². The van der Waals surface area contributed by atoms with E-state index in [-0.39, 0.29) is 11.4 Å². The van der Waals surface area contributed by atoms with Gasteiger partial charge in [-0.1, -0.05) is 0 Å². The van der Waals surface area contributed by atoms with Gasteiger partial charge in [0.15, 0.2) is 5.75 Å². The monoisotopic (exact) mass is 168 g/mol. The maximum atomic E-state index is 10.4. The number of aromatic nitrogens is 1. The predicted octanol–water partition coefficient (Wildman–Crippen LogP) is 1.31. The Kier molecular flexibility index (Phi) is 2.23. The van der Waals surface area contributed by atoms with Gasteiger partial charge < -0.3 is 4.74 Å². The summed E-state index contributed by atoms with van der Waals surface area (Å²) in [5.41, 5.74) is 0.584. The first-order valence-electron chi connectivity index (χ1n) is 3.30. The summed E-state index contributed by atoms with van der Waals surface area (Å²) < 4.78 is 4.81. The molecule has 0 aliphatic carbocycles. The standard InChI is InChI=1S/C7H8N2O3/c1-5-3-7(12-2)6(4-8-5)9(10)11/h3-4H,1-2H3. The molecule has 1 aromatic heterocycles. The summed E-state index contributed by atoms with van der Waals surface area (Å²) in [6.07, 6.45) is 1.19. The fraction of sp³-hybridized carbons (Fsp3) is 0.286. The van der Waals surface area contributed by atoms with E-state index in [1.54, 1.807) is 6.92 Å². The number of nitro groups is 1. The second-order valence-electron chi connectivity index (χ2n) is 2.25. The van der Waals surface area contributed by atoms with Crippen LogP contribution in [-0.4, -0.2) is 17.0 Å². The van der Waals surface area contributed by atoms with Crippen molar-refractivity contribution in [3.63, 3.8) is 0 Å². The van der Waals surface area contributed by atoms with Crippen molar-refractivity contribution in [3.05, 3.63) is 28.1 Å². The Morgan fingerprint density at radius 2 is 2.33 bits per heavy atom. The first kappa shape index (κ1) is 8.45. The summed E-state index contributed by atoms with van der Waals surface area (Å²) in [5, 5.41) is 10.4. The quantitative estimate of drug-likeness (QED) is 0.493. The number of aryl methyl sites for hydroxylation is 1. The van der Waals surface area contributed by atoms with Gasteiger partial charge in [-0.15, -0.1) is 0 Å². The molecular weight excluding hydrogens is 160 g/mol. The molecule has 64 valence electrons. The second kappa shape index (κ2) is 3.17. The molecule has 5 nitrogen and oxygen atoms in total. The van der Waals surface area contributed by atoms with Gasteiger partial charge in [0.05, 0.1) is 12.0 Å². The van der Waals surface area contributed by atoms with Gasteiger partial charge in [-0.25, -0.2) is 0 Å². The third-order valence-corrected chi connectivity index (χ3v) is 1.40. The minimum Gasteiger partial charge on any atom is -0.490 e. The molecule has 12 heavy (non-hydrogen) atoms. The Morgan fingerprint density at radius 3 is 2.83 bits per heavy atom. The van der Waals surface area contributed by atoms with Gasteiger partial charge in [0.2, 0.25) is 0 Å². The van der Waals surface area contributed by atoms with Crippen LogP contribution in [0.15, 0.2) is 12.3 Å². The topological polar surface area (TPSA) is 65.3 Å². The lowest BCUT2D eigenvalue weighted by molar-refractivity contribution is -0.386. The summed E-state index contributed by atoms with van der Waals surface area (Å²) in [6.45, 7) is 1.74. The highest BCUT2D eigenvalue weighted by atomic mass is 16.6. The molecular formula is C7H8N2O3. The molecule has 1 aromatic rings. The van der Waals surface area contributed by atoms with Crippen LogP contribution in [0.4, 0.5) is 5.69 Å². The van der Waals surface area contributed by atoms with Crippen LogP contribution in [0, 0.1) is 17.0 Å². The number of hydrogen-bond acceptors (Lipinski definition) is 4. The number of ether oxygens (including phenoxy) is 1. The van der Waals surface area contributed by atoms with E-state index in [1.165, 1.54) is 19.4 Å². The molecule has 0 N–H and O–H groups in total. The Labute approximate surface area is 69.1 Å². The minimum atomic E-state index is -0.523. The van der Waals surface area contributed by atoms with Crippen LogP contribution in [0.3, 0.4) is 0 Å². The Morgan fingerprint density at radius 1 is 1.67 bits per heavy atom. The lowest BCUT2D eigenvalue weighted by Crippen LogP contribution is -1.95. The van der Waals surface area contributed by atoms with Crippen molar-refractivity contribution in [2.75, 3.05) is 7.11 Å². The number of pyridine rings is 1. The summed E-state index contributed by atoms with van der Waals surface area (Å²) in [6, 6.07) is 1.53. The Balaban J connectivity index is 3.20. The largest absolute Gasteiger partial charge is 0.490 e. The van der Waals surface area contributed by atoms with Crippen LogP contribution in [0.1, 0.15) is 5.69 Å². The fourth-order valence-electron chi connectivity index (χ4n) is 0.828. The normalized spacial score (nSPS) is 9.50. The minimum absolute atomic E-state index is 0.108. The van der Waals surface area contributed by atoms with Gasteiger partial charge in [0.1, 0.15) is 6.20 Å². The zero-order valence-corrected chi connectivity index (χ0v) is 6.77. The molecule has 0 aliphatic heterocycles. The van der Waals surface area contributed by atoms with E-state index >= 15 is 0 Å². The first-order valence-corrected chi connectivity index (χ1v) is 3.30. The summed E-state index contributed by atoms with van der Waals surface area (Å²) >= 11 is 0. The highest BCUT2D eigenvalue weighted by Crippen LogP contribution is 2.25. The van der Waals surface area contributed by atoms with Crippen molar-refractivity contribution in [2.45, 2.75) is 6.92 Å². The lowest BCUT2D eigenvalue weighted by Gasteiger charge is -2.00. The van der Waals surface area contributed by atoms with Crippen LogP contribution in [-0.2, 0) is 0 Å². The highest BCUT2D eigenvalue weighted by molar-refractivity contribution is 5.44. The highest BCUT2D eigenvalue weighted by Gasteiger charge is 2.14. The zero-order valence-electron chi connectivity index (χ0n) is 6.77. The van der Waals surface area contributed by atoms with E-state index in [0.29, 0.717) is 5.69 Å². The van der Waals surface area contributed by atoms with Crippen molar-refractivity contribution < 1.29 is 9.66 Å². The zero-order chi connectivity index (χ0) is 9.14. The van der Waals surface area contributed by atoms with Gasteiger partial charge in [0, 0.05) is 11.8 Å². The number of hydrogen-bond donors (Lipinski definition) is 0. The summed E-state index contributed by atoms with van der Waals surface area (Å²) in [5.74, 6) is 0.243. The van der Waals surface area contributed by atoms with Crippen molar-refractivity contribution in [1.29, 1.82) is 0 Å². The maximum Gasteiger partial charge on any atom is 0.329 e. The predicted molar refractivity (Wildman–Crippen MR) is 42.2 cm³/mol. The van der Waals surface area contributed by atoms with Crippen LogP contribution >= 0.6 is 0 Å². The van der Waals surface area contributed by atoms with Crippen LogP contribution in [0.5, 0.6) is 5.75 Å². The van der Waals surface area contributed by atoms with Crippen molar-refractivity contribution in [1.82, 2.24) is 4.98 Å². The molecule has 0 fully saturated rings. The maximum absolute atomic E-state index is 10.4. The van der Waals surface area contributed by atoms with Crippen LogP contribution < -0.4 is 4.74 Å². The molecule has 5 heteroatoms. The smallest absolute Gasteiger partial charge is 0.329 e. The molecule has 0 atom stereocenters. The van der Waals surface area contributed by atoms with Gasteiger partial charge in [0.25, 0.3) is 0 Å². The van der Waals surface area contributed by atoms with Gasteiger partial charge in [-0.05, 0) is 6.92 Å². The third-order valence-electron chi connectivity index (χ3n) is 1.40. The average molecular weight is 168 g/mol. The van der Waals surface area contributed by atoms with E-state index in [1.807, 2.05) is 0 Å². The molecule has 0 amide bonds. The van der Waals surface area contributed by atoms with E-state index in [2.05, 4.69) is 4.98 Å². The molecule has 0 radical (unpaired) electrons. The molecule has 1 rings (SSSR count). The summed E-state index contributed by atoms with van der Waals surface area (Å²) in [7, 11) is 1.39. The Bertz CT molecular complexity index is 312. The third kappa shape index (κ3) is 1.50. The summed E-state index contributed by atoms with van der Waals surface area (Å²) in [4.78, 5) is 13.6. The SMILES string of the molecule is COc1cc(C)ncc1[N+](=O)[O-]. The number of rotatable bonds is 2. The molecule has 0 aromatic carbocycles. The van der Waals surface area contributed by atoms with Gasteiger partial charge >= 0.3 is 5.69 Å². The number of nitrogens with zero attached hydrogens (tertiary/aromatic N) is 2. The van der Waals surface area contributed by atoms with E-state index in [0.717, 1.165) is 0 Å². The molecule has 0 saturated heterocycles.